The second kappa shape index (κ2) is 6.41. The zero-order valence-corrected chi connectivity index (χ0v) is 14.9. The fourth-order valence-electron chi connectivity index (χ4n) is 3.63. The molecule has 2 aliphatic heterocycles. The topological polar surface area (TPSA) is 97.4 Å². The summed E-state index contributed by atoms with van der Waals surface area (Å²) in [7, 11) is 0. The van der Waals surface area contributed by atoms with E-state index >= 15 is 0 Å². The largest absolute Gasteiger partial charge is 0.379 e. The first-order valence-corrected chi connectivity index (χ1v) is 9.23. The summed E-state index contributed by atoms with van der Waals surface area (Å²) in [6, 6.07) is 8.22. The number of rotatable bonds is 2. The van der Waals surface area contributed by atoms with E-state index < -0.39 is 11.4 Å². The highest BCUT2D eigenvalue weighted by Crippen LogP contribution is 2.49. The van der Waals surface area contributed by atoms with Crippen molar-refractivity contribution in [2.75, 3.05) is 12.4 Å². The molecule has 2 N–H and O–H groups in total. The Bertz CT molecular complexity index is 922. The Morgan fingerprint density at radius 2 is 2.27 bits per heavy atom. The van der Waals surface area contributed by atoms with Crippen LogP contribution in [0.4, 0.5) is 4.39 Å². The highest BCUT2D eigenvalue weighted by Gasteiger charge is 2.50. The highest BCUT2D eigenvalue weighted by atomic mass is 32.2. The van der Waals surface area contributed by atoms with Gasteiger partial charge < -0.3 is 15.0 Å². The quantitative estimate of drug-likeness (QED) is 0.870. The van der Waals surface area contributed by atoms with Crippen LogP contribution in [-0.4, -0.2) is 22.7 Å². The smallest absolute Gasteiger partial charge is 0.165 e. The van der Waals surface area contributed by atoms with Crippen LogP contribution in [0.3, 0.4) is 0 Å². The molecule has 0 aliphatic carbocycles. The summed E-state index contributed by atoms with van der Waals surface area (Å²) in [5.41, 5.74) is 6.57. The number of ether oxygens (including phenoxy) is 1. The van der Waals surface area contributed by atoms with Crippen LogP contribution in [0.15, 0.2) is 33.8 Å². The lowest BCUT2D eigenvalue weighted by Gasteiger charge is -2.45. The monoisotopic (exact) mass is 372 g/mol. The molecule has 3 atom stereocenters. The molecule has 2 aliphatic rings. The van der Waals surface area contributed by atoms with Crippen molar-refractivity contribution in [3.8, 4) is 6.07 Å². The predicted molar refractivity (Wildman–Crippen MR) is 94.9 cm³/mol. The van der Waals surface area contributed by atoms with Gasteiger partial charge in [0, 0.05) is 23.3 Å². The molecule has 3 heterocycles. The fourth-order valence-corrected chi connectivity index (χ4v) is 4.64. The van der Waals surface area contributed by atoms with Gasteiger partial charge in [0.25, 0.3) is 0 Å². The Morgan fingerprint density at radius 1 is 1.42 bits per heavy atom. The predicted octanol–water partition coefficient (Wildman–Crippen LogP) is 3.03. The molecular weight excluding hydrogens is 355 g/mol. The van der Waals surface area contributed by atoms with Crippen LogP contribution in [0.1, 0.15) is 35.1 Å². The minimum atomic E-state index is -0.933. The Balaban J connectivity index is 1.75. The number of hydrogen-bond donors (Lipinski definition) is 1. The molecule has 3 unspecified atom stereocenters. The van der Waals surface area contributed by atoms with Crippen LogP contribution < -0.4 is 5.73 Å². The Labute approximate surface area is 154 Å². The van der Waals surface area contributed by atoms with Crippen molar-refractivity contribution in [3.05, 3.63) is 52.7 Å². The third kappa shape index (κ3) is 2.77. The first kappa shape index (κ1) is 17.1. The lowest BCUT2D eigenvalue weighted by molar-refractivity contribution is -0.0692. The average Bonchev–Trinajstić information content (AvgIpc) is 3.08. The summed E-state index contributed by atoms with van der Waals surface area (Å²) >= 11 is 1.45. The van der Waals surface area contributed by atoms with Crippen molar-refractivity contribution in [1.29, 1.82) is 5.26 Å². The standard InChI is InChI=1S/C18H17FN4O2S/c1-10-4-16(25-23-10)15-6-12-8-26-17(21)22-18(12,9-24-15)13-5-11(7-20)2-3-14(13)19/h2-5,12,15H,6,8-9H2,1H3,(H2,21,22). The summed E-state index contributed by atoms with van der Waals surface area (Å²) in [5, 5.41) is 13.5. The molecule has 1 aromatic heterocycles. The number of thioether (sulfide) groups is 1. The van der Waals surface area contributed by atoms with Gasteiger partial charge in [0.2, 0.25) is 0 Å². The number of aromatic nitrogens is 1. The van der Waals surface area contributed by atoms with E-state index in [0.29, 0.717) is 34.2 Å². The Hall–Kier alpha value is -2.37. The number of aliphatic imine (C=N–C) groups is 1. The fraction of sp³-hybridized carbons (Fsp3) is 0.389. The molecule has 4 rings (SSSR count). The molecule has 8 heteroatoms. The van der Waals surface area contributed by atoms with E-state index in [1.54, 1.807) is 6.07 Å². The summed E-state index contributed by atoms with van der Waals surface area (Å²) in [4.78, 5) is 4.61. The van der Waals surface area contributed by atoms with Crippen LogP contribution in [-0.2, 0) is 10.3 Å². The van der Waals surface area contributed by atoms with Crippen LogP contribution in [0.5, 0.6) is 0 Å². The number of benzene rings is 1. The van der Waals surface area contributed by atoms with Gasteiger partial charge >= 0.3 is 0 Å². The lowest BCUT2D eigenvalue weighted by Crippen LogP contribution is -2.48. The highest BCUT2D eigenvalue weighted by molar-refractivity contribution is 8.13. The molecule has 6 nitrogen and oxygen atoms in total. The van der Waals surface area contributed by atoms with Crippen molar-refractivity contribution in [3.63, 3.8) is 0 Å². The lowest BCUT2D eigenvalue weighted by atomic mass is 9.74. The number of aryl methyl sites for hydroxylation is 1. The van der Waals surface area contributed by atoms with E-state index in [9.17, 15) is 9.65 Å². The molecule has 1 aromatic carbocycles. The second-order valence-corrected chi connectivity index (χ2v) is 7.63. The molecule has 0 spiro atoms. The van der Waals surface area contributed by atoms with Crippen molar-refractivity contribution < 1.29 is 13.7 Å². The maximum atomic E-state index is 14.7. The molecule has 1 fully saturated rings. The number of fused-ring (bicyclic) bond motifs is 1. The maximum Gasteiger partial charge on any atom is 0.165 e. The second-order valence-electron chi connectivity index (χ2n) is 6.59. The van der Waals surface area contributed by atoms with Gasteiger partial charge in [-0.15, -0.1) is 0 Å². The van der Waals surface area contributed by atoms with Gasteiger partial charge in [-0.2, -0.15) is 5.26 Å². The number of amidine groups is 1. The van der Waals surface area contributed by atoms with E-state index in [-0.39, 0.29) is 18.6 Å². The summed E-state index contributed by atoms with van der Waals surface area (Å²) in [5.74, 6) is 0.940. The number of nitrogens with two attached hydrogens (primary N) is 1. The normalized spacial score (nSPS) is 28.1. The number of nitrogens with zero attached hydrogens (tertiary/aromatic N) is 3. The van der Waals surface area contributed by atoms with Crippen molar-refractivity contribution >= 4 is 16.9 Å². The van der Waals surface area contributed by atoms with Gasteiger partial charge in [0.15, 0.2) is 10.9 Å². The van der Waals surface area contributed by atoms with Crippen molar-refractivity contribution in [1.82, 2.24) is 5.16 Å². The molecular formula is C18H17FN4O2S. The molecule has 0 saturated carbocycles. The van der Waals surface area contributed by atoms with Gasteiger partial charge in [0.05, 0.1) is 23.9 Å². The Morgan fingerprint density at radius 3 is 3.00 bits per heavy atom. The van der Waals surface area contributed by atoms with E-state index in [2.05, 4.69) is 16.2 Å². The van der Waals surface area contributed by atoms with E-state index in [4.69, 9.17) is 15.0 Å². The first-order chi connectivity index (χ1) is 12.5. The van der Waals surface area contributed by atoms with Gasteiger partial charge in [0.1, 0.15) is 17.5 Å². The summed E-state index contributed by atoms with van der Waals surface area (Å²) in [6.07, 6.45) is 0.348. The minimum Gasteiger partial charge on any atom is -0.379 e. The average molecular weight is 372 g/mol. The van der Waals surface area contributed by atoms with Crippen LogP contribution in [0, 0.1) is 30.0 Å². The van der Waals surface area contributed by atoms with Gasteiger partial charge in [-0.05, 0) is 31.5 Å². The van der Waals surface area contributed by atoms with Gasteiger partial charge in [-0.3, -0.25) is 0 Å². The molecule has 134 valence electrons. The molecule has 26 heavy (non-hydrogen) atoms. The van der Waals surface area contributed by atoms with Crippen LogP contribution in [0.25, 0.3) is 0 Å². The minimum absolute atomic E-state index is 0.00704. The van der Waals surface area contributed by atoms with E-state index in [1.807, 2.05) is 13.0 Å². The SMILES string of the molecule is Cc1cc(C2CC3CSC(N)=NC3(c3cc(C#N)ccc3F)CO2)on1. The molecule has 1 saturated heterocycles. The molecule has 0 amide bonds. The zero-order chi connectivity index (χ0) is 18.3. The van der Waals surface area contributed by atoms with E-state index in [0.717, 1.165) is 5.69 Å². The van der Waals surface area contributed by atoms with Crippen LogP contribution in [0.2, 0.25) is 0 Å². The van der Waals surface area contributed by atoms with E-state index in [1.165, 1.54) is 23.9 Å². The van der Waals surface area contributed by atoms with Crippen molar-refractivity contribution in [2.45, 2.75) is 25.0 Å². The Kier molecular flexibility index (Phi) is 4.21. The maximum absolute atomic E-state index is 14.7. The molecule has 0 radical (unpaired) electrons. The summed E-state index contributed by atoms with van der Waals surface area (Å²) in [6.45, 7) is 2.01. The zero-order valence-electron chi connectivity index (χ0n) is 14.1. The third-order valence-corrected chi connectivity index (χ3v) is 5.90. The van der Waals surface area contributed by atoms with Crippen LogP contribution >= 0.6 is 11.8 Å². The summed E-state index contributed by atoms with van der Waals surface area (Å²) < 4.78 is 26.1. The number of nitriles is 1. The van der Waals surface area contributed by atoms with Gasteiger partial charge in [-0.1, -0.05) is 16.9 Å². The molecule has 2 aromatic rings. The number of hydrogen-bond acceptors (Lipinski definition) is 7. The molecule has 0 bridgehead atoms. The third-order valence-electron chi connectivity index (χ3n) is 4.95. The van der Waals surface area contributed by atoms with Gasteiger partial charge in [-0.25, -0.2) is 9.38 Å². The first-order valence-electron chi connectivity index (χ1n) is 8.25. The number of halogens is 1. The van der Waals surface area contributed by atoms with Crippen molar-refractivity contribution in [2.24, 2.45) is 16.6 Å².